The first-order chi connectivity index (χ1) is 18.9. The largest absolute Gasteiger partial charge is 0.481 e. The maximum atomic E-state index is 13.1. The minimum absolute atomic E-state index is 0.0640. The summed E-state index contributed by atoms with van der Waals surface area (Å²) in [6.07, 6.45) is -0.613. The standard InChI is InChI=1S/C31H33N3O5/c1-20-27(15-16-34(20)18-21-9-3-2-4-10-21)32-30(37)28(17-29(35)36)33-31(38)39-19-26-24-13-7-5-11-22(24)23-12-6-8-14-25(23)26/h2-14,20,26-28H,15-19H2,1H3,(H,32,37)(H,33,38)(H,35,36). The van der Waals surface area contributed by atoms with Gasteiger partial charge in [-0.1, -0.05) is 78.9 Å². The van der Waals surface area contributed by atoms with E-state index >= 15 is 0 Å². The predicted octanol–water partition coefficient (Wildman–Crippen LogP) is 4.15. The number of amides is 2. The van der Waals surface area contributed by atoms with Crippen LogP contribution in [-0.2, 0) is 20.9 Å². The van der Waals surface area contributed by atoms with E-state index < -0.39 is 30.4 Å². The van der Waals surface area contributed by atoms with Gasteiger partial charge in [0.2, 0.25) is 5.91 Å². The molecule has 3 unspecified atom stereocenters. The fourth-order valence-electron chi connectivity index (χ4n) is 5.69. The summed E-state index contributed by atoms with van der Waals surface area (Å²) in [5.41, 5.74) is 5.55. The molecular weight excluding hydrogens is 494 g/mol. The highest BCUT2D eigenvalue weighted by Crippen LogP contribution is 2.44. The van der Waals surface area contributed by atoms with Gasteiger partial charge in [-0.2, -0.15) is 0 Å². The number of hydrogen-bond donors (Lipinski definition) is 3. The first-order valence-corrected chi connectivity index (χ1v) is 13.3. The number of carboxylic acids is 1. The van der Waals surface area contributed by atoms with Crippen LogP contribution in [0.1, 0.15) is 42.4 Å². The summed E-state index contributed by atoms with van der Waals surface area (Å²) in [5, 5.41) is 14.9. The van der Waals surface area contributed by atoms with Crippen LogP contribution < -0.4 is 10.6 Å². The van der Waals surface area contributed by atoms with E-state index in [9.17, 15) is 19.5 Å². The second-order valence-electron chi connectivity index (χ2n) is 10.2. The summed E-state index contributed by atoms with van der Waals surface area (Å²) < 4.78 is 5.55. The van der Waals surface area contributed by atoms with Crippen molar-refractivity contribution in [3.05, 3.63) is 95.6 Å². The third-order valence-electron chi connectivity index (χ3n) is 7.77. The molecule has 1 aliphatic heterocycles. The van der Waals surface area contributed by atoms with Crippen LogP contribution >= 0.6 is 0 Å². The Bertz CT molecular complexity index is 1300. The molecule has 8 nitrogen and oxygen atoms in total. The molecule has 0 saturated carbocycles. The molecule has 1 fully saturated rings. The number of nitrogens with one attached hydrogen (secondary N) is 2. The minimum Gasteiger partial charge on any atom is -0.481 e. The molecule has 3 aromatic carbocycles. The summed E-state index contributed by atoms with van der Waals surface area (Å²) in [5.74, 6) is -1.84. The maximum absolute atomic E-state index is 13.1. The van der Waals surface area contributed by atoms with Crippen LogP contribution in [0, 0.1) is 0 Å². The van der Waals surface area contributed by atoms with E-state index in [1.54, 1.807) is 0 Å². The Hall–Kier alpha value is -4.17. The Kier molecular flexibility index (Phi) is 7.93. The molecule has 8 heteroatoms. The number of aliphatic carboxylic acids is 1. The van der Waals surface area contributed by atoms with Gasteiger partial charge in [-0.15, -0.1) is 0 Å². The Labute approximate surface area is 228 Å². The molecule has 3 atom stereocenters. The molecular formula is C31H33N3O5. The Morgan fingerprint density at radius 2 is 1.56 bits per heavy atom. The monoisotopic (exact) mass is 527 g/mol. The van der Waals surface area contributed by atoms with Gasteiger partial charge in [0.25, 0.3) is 0 Å². The summed E-state index contributed by atoms with van der Waals surface area (Å²) >= 11 is 0. The van der Waals surface area contributed by atoms with Gasteiger partial charge in [-0.3, -0.25) is 14.5 Å². The third kappa shape index (κ3) is 5.96. The highest BCUT2D eigenvalue weighted by Gasteiger charge is 2.35. The summed E-state index contributed by atoms with van der Waals surface area (Å²) in [7, 11) is 0. The molecule has 1 aliphatic carbocycles. The smallest absolute Gasteiger partial charge is 0.407 e. The second kappa shape index (κ2) is 11.7. The fourth-order valence-corrected chi connectivity index (χ4v) is 5.69. The van der Waals surface area contributed by atoms with Gasteiger partial charge in [0.15, 0.2) is 0 Å². The van der Waals surface area contributed by atoms with E-state index in [2.05, 4.69) is 27.7 Å². The lowest BCUT2D eigenvalue weighted by atomic mass is 9.98. The molecule has 3 aromatic rings. The van der Waals surface area contributed by atoms with Crippen LogP contribution in [0.5, 0.6) is 0 Å². The van der Waals surface area contributed by atoms with E-state index in [0.717, 1.165) is 41.8 Å². The average Bonchev–Trinajstić information content (AvgIpc) is 3.44. The molecule has 0 radical (unpaired) electrons. The highest BCUT2D eigenvalue weighted by molar-refractivity contribution is 5.89. The van der Waals surface area contributed by atoms with Crippen LogP contribution in [0.15, 0.2) is 78.9 Å². The number of alkyl carbamates (subject to hydrolysis) is 1. The van der Waals surface area contributed by atoms with Crippen LogP contribution in [-0.4, -0.2) is 59.3 Å². The Balaban J connectivity index is 1.19. The van der Waals surface area contributed by atoms with Crippen molar-refractivity contribution in [2.24, 2.45) is 0 Å². The van der Waals surface area contributed by atoms with Crippen molar-refractivity contribution >= 4 is 18.0 Å². The average molecular weight is 528 g/mol. The number of ether oxygens (including phenoxy) is 1. The molecule has 5 rings (SSSR count). The van der Waals surface area contributed by atoms with E-state index in [1.165, 1.54) is 5.56 Å². The Morgan fingerprint density at radius 1 is 0.949 bits per heavy atom. The first kappa shape index (κ1) is 26.4. The number of hydrogen-bond acceptors (Lipinski definition) is 5. The third-order valence-corrected chi connectivity index (χ3v) is 7.77. The number of benzene rings is 3. The molecule has 202 valence electrons. The number of fused-ring (bicyclic) bond motifs is 3. The molecule has 39 heavy (non-hydrogen) atoms. The van der Waals surface area contributed by atoms with Crippen molar-refractivity contribution in [2.75, 3.05) is 13.2 Å². The van der Waals surface area contributed by atoms with Gasteiger partial charge in [0, 0.05) is 31.1 Å². The summed E-state index contributed by atoms with van der Waals surface area (Å²) in [6.45, 7) is 3.71. The maximum Gasteiger partial charge on any atom is 0.407 e. The number of carboxylic acid groups (broad SMARTS) is 1. The number of carbonyl (C=O) groups is 3. The van der Waals surface area contributed by atoms with Gasteiger partial charge in [-0.05, 0) is 41.2 Å². The van der Waals surface area contributed by atoms with E-state index in [4.69, 9.17) is 4.74 Å². The lowest BCUT2D eigenvalue weighted by Gasteiger charge is -2.26. The van der Waals surface area contributed by atoms with Gasteiger partial charge in [-0.25, -0.2) is 4.79 Å². The Morgan fingerprint density at radius 3 is 2.21 bits per heavy atom. The lowest BCUT2D eigenvalue weighted by Crippen LogP contribution is -2.52. The van der Waals surface area contributed by atoms with Crippen LogP contribution in [0.2, 0.25) is 0 Å². The first-order valence-electron chi connectivity index (χ1n) is 13.3. The zero-order valence-corrected chi connectivity index (χ0v) is 21.9. The van der Waals surface area contributed by atoms with Crippen molar-refractivity contribution in [3.63, 3.8) is 0 Å². The number of rotatable bonds is 9. The van der Waals surface area contributed by atoms with E-state index in [0.29, 0.717) is 0 Å². The van der Waals surface area contributed by atoms with Gasteiger partial charge < -0.3 is 20.5 Å². The van der Waals surface area contributed by atoms with Crippen molar-refractivity contribution in [1.29, 1.82) is 0 Å². The normalized spacial score (nSPS) is 19.1. The summed E-state index contributed by atoms with van der Waals surface area (Å²) in [4.78, 5) is 39.7. The van der Waals surface area contributed by atoms with Crippen molar-refractivity contribution < 1.29 is 24.2 Å². The molecule has 1 heterocycles. The fraction of sp³-hybridized carbons (Fsp3) is 0.323. The zero-order valence-electron chi connectivity index (χ0n) is 21.9. The number of carbonyl (C=O) groups excluding carboxylic acids is 2. The molecule has 0 aromatic heterocycles. The van der Waals surface area contributed by atoms with Crippen LogP contribution in [0.25, 0.3) is 11.1 Å². The van der Waals surface area contributed by atoms with Gasteiger partial charge in [0.05, 0.1) is 6.42 Å². The minimum atomic E-state index is -1.24. The molecule has 0 bridgehead atoms. The topological polar surface area (TPSA) is 108 Å². The quantitative estimate of drug-likeness (QED) is 0.386. The molecule has 2 aliphatic rings. The van der Waals surface area contributed by atoms with Crippen LogP contribution in [0.4, 0.5) is 4.79 Å². The molecule has 0 spiro atoms. The van der Waals surface area contributed by atoms with Crippen molar-refractivity contribution in [2.45, 2.75) is 50.4 Å². The van der Waals surface area contributed by atoms with E-state index in [1.807, 2.05) is 73.7 Å². The molecule has 1 saturated heterocycles. The molecule has 2 amide bonds. The SMILES string of the molecule is CC1C(NC(=O)C(CC(=O)O)NC(=O)OCC2c3ccccc3-c3ccccc32)CCN1Cc1ccccc1. The highest BCUT2D eigenvalue weighted by atomic mass is 16.5. The number of likely N-dealkylation sites (tertiary alicyclic amines) is 1. The zero-order chi connectivity index (χ0) is 27.4. The summed E-state index contributed by atoms with van der Waals surface area (Å²) in [6, 6.07) is 24.8. The predicted molar refractivity (Wildman–Crippen MR) is 147 cm³/mol. The number of nitrogens with zero attached hydrogens (tertiary/aromatic N) is 1. The van der Waals surface area contributed by atoms with Crippen LogP contribution in [0.3, 0.4) is 0 Å². The van der Waals surface area contributed by atoms with E-state index in [-0.39, 0.29) is 24.6 Å². The van der Waals surface area contributed by atoms with Gasteiger partial charge >= 0.3 is 12.1 Å². The van der Waals surface area contributed by atoms with Gasteiger partial charge in [0.1, 0.15) is 12.6 Å². The van der Waals surface area contributed by atoms with Crippen molar-refractivity contribution in [1.82, 2.24) is 15.5 Å². The molecule has 3 N–H and O–H groups in total. The lowest BCUT2D eigenvalue weighted by molar-refractivity contribution is -0.140. The van der Waals surface area contributed by atoms with Crippen molar-refractivity contribution in [3.8, 4) is 11.1 Å². The second-order valence-corrected chi connectivity index (χ2v) is 10.2.